The Labute approximate surface area is 127 Å². The molecule has 6 nitrogen and oxygen atoms in total. The molecule has 0 bridgehead atoms. The fourth-order valence-corrected chi connectivity index (χ4v) is 1.57. The predicted octanol–water partition coefficient (Wildman–Crippen LogP) is 1.40. The van der Waals surface area contributed by atoms with E-state index in [1.165, 1.54) is 7.11 Å². The summed E-state index contributed by atoms with van der Waals surface area (Å²) in [4.78, 5) is 24.5. The summed E-state index contributed by atoms with van der Waals surface area (Å²) in [5.41, 5.74) is 0. The maximum atomic E-state index is 11.4. The molecule has 0 atom stereocenters. The van der Waals surface area contributed by atoms with Crippen molar-refractivity contribution in [2.45, 2.75) is 26.2 Å². The molecular formula is C15H27NO5. The van der Waals surface area contributed by atoms with Crippen molar-refractivity contribution in [1.82, 2.24) is 4.90 Å². The summed E-state index contributed by atoms with van der Waals surface area (Å²) >= 11 is 0. The number of methoxy groups -OCH3 is 2. The van der Waals surface area contributed by atoms with Crippen molar-refractivity contribution in [1.29, 1.82) is 0 Å². The largest absolute Gasteiger partial charge is 0.469 e. The maximum Gasteiger partial charge on any atom is 0.306 e. The third-order valence-electron chi connectivity index (χ3n) is 2.81. The number of hydrogen-bond acceptors (Lipinski definition) is 6. The molecule has 0 aromatic heterocycles. The van der Waals surface area contributed by atoms with Crippen LogP contribution >= 0.6 is 0 Å². The van der Waals surface area contributed by atoms with Crippen LogP contribution in [0.4, 0.5) is 0 Å². The average molecular weight is 301 g/mol. The van der Waals surface area contributed by atoms with Gasteiger partial charge in [0.05, 0.1) is 26.6 Å². The highest BCUT2D eigenvalue weighted by atomic mass is 16.5. The molecule has 0 spiro atoms. The lowest BCUT2D eigenvalue weighted by Gasteiger charge is -2.20. The van der Waals surface area contributed by atoms with Gasteiger partial charge in [-0.2, -0.15) is 0 Å². The molecule has 0 aromatic carbocycles. The Bertz CT molecular complexity index is 317. The Morgan fingerprint density at radius 3 is 2.29 bits per heavy atom. The van der Waals surface area contributed by atoms with Crippen LogP contribution in [0.3, 0.4) is 0 Å². The van der Waals surface area contributed by atoms with Crippen LogP contribution in [0.15, 0.2) is 12.2 Å². The minimum Gasteiger partial charge on any atom is -0.469 e. The summed E-state index contributed by atoms with van der Waals surface area (Å²) < 4.78 is 14.6. The number of hydrogen-bond donors (Lipinski definition) is 0. The minimum absolute atomic E-state index is 0.0560. The normalized spacial score (nSPS) is 11.0. The second kappa shape index (κ2) is 13.6. The molecule has 122 valence electrons. The lowest BCUT2D eigenvalue weighted by atomic mass is 10.3. The van der Waals surface area contributed by atoms with E-state index in [9.17, 15) is 9.59 Å². The first kappa shape index (κ1) is 19.6. The van der Waals surface area contributed by atoms with Crippen LogP contribution in [0.2, 0.25) is 0 Å². The molecule has 0 N–H and O–H groups in total. The highest BCUT2D eigenvalue weighted by Crippen LogP contribution is 1.97. The van der Waals surface area contributed by atoms with Gasteiger partial charge in [0, 0.05) is 26.7 Å². The van der Waals surface area contributed by atoms with E-state index in [1.807, 2.05) is 0 Å². The van der Waals surface area contributed by atoms with Crippen LogP contribution in [0.25, 0.3) is 0 Å². The van der Waals surface area contributed by atoms with Gasteiger partial charge < -0.3 is 14.2 Å². The SMILES string of the molecule is CC/C=C\CN(CCOC)CCOC(=O)CCC(=O)OC. The average Bonchev–Trinajstić information content (AvgIpc) is 2.49. The summed E-state index contributed by atoms with van der Waals surface area (Å²) in [7, 11) is 2.96. The highest BCUT2D eigenvalue weighted by molar-refractivity contribution is 5.77. The van der Waals surface area contributed by atoms with Crippen molar-refractivity contribution >= 4 is 11.9 Å². The van der Waals surface area contributed by atoms with Gasteiger partial charge >= 0.3 is 11.9 Å². The van der Waals surface area contributed by atoms with Crippen molar-refractivity contribution < 1.29 is 23.8 Å². The Balaban J connectivity index is 3.91. The topological polar surface area (TPSA) is 65.1 Å². The van der Waals surface area contributed by atoms with Crippen molar-refractivity contribution in [3.05, 3.63) is 12.2 Å². The summed E-state index contributed by atoms with van der Waals surface area (Å²) in [6, 6.07) is 0. The third-order valence-corrected chi connectivity index (χ3v) is 2.81. The molecule has 0 unspecified atom stereocenters. The number of nitrogens with zero attached hydrogens (tertiary/aromatic N) is 1. The van der Waals surface area contributed by atoms with E-state index in [0.717, 1.165) is 19.5 Å². The molecule has 0 amide bonds. The smallest absolute Gasteiger partial charge is 0.306 e. The molecule has 6 heteroatoms. The quantitative estimate of drug-likeness (QED) is 0.401. The molecule has 0 radical (unpaired) electrons. The lowest BCUT2D eigenvalue weighted by Crippen LogP contribution is -2.31. The Hall–Kier alpha value is -1.40. The van der Waals surface area contributed by atoms with Crippen LogP contribution in [-0.4, -0.2) is 63.9 Å². The van der Waals surface area contributed by atoms with Gasteiger partial charge in [-0.15, -0.1) is 0 Å². The van der Waals surface area contributed by atoms with Crippen LogP contribution in [0.5, 0.6) is 0 Å². The summed E-state index contributed by atoms with van der Waals surface area (Å²) in [6.45, 7) is 5.25. The van der Waals surface area contributed by atoms with Crippen molar-refractivity contribution in [3.8, 4) is 0 Å². The Morgan fingerprint density at radius 1 is 1.00 bits per heavy atom. The second-order valence-electron chi connectivity index (χ2n) is 4.47. The Morgan fingerprint density at radius 2 is 1.67 bits per heavy atom. The standard InChI is InChI=1S/C15H27NO5/c1-4-5-6-9-16(10-12-19-2)11-13-21-15(18)8-7-14(17)20-3/h5-6H,4,7-13H2,1-3H3/b6-5-. The summed E-state index contributed by atoms with van der Waals surface area (Å²) in [5.74, 6) is -0.783. The predicted molar refractivity (Wildman–Crippen MR) is 80.0 cm³/mol. The van der Waals surface area contributed by atoms with Crippen molar-refractivity contribution in [2.75, 3.05) is 47.1 Å². The fraction of sp³-hybridized carbons (Fsp3) is 0.733. The van der Waals surface area contributed by atoms with Crippen molar-refractivity contribution in [2.24, 2.45) is 0 Å². The van der Waals surface area contributed by atoms with Crippen LogP contribution in [0.1, 0.15) is 26.2 Å². The van der Waals surface area contributed by atoms with Gasteiger partial charge in [0.15, 0.2) is 0 Å². The second-order valence-corrected chi connectivity index (χ2v) is 4.47. The van der Waals surface area contributed by atoms with Crippen LogP contribution < -0.4 is 0 Å². The van der Waals surface area contributed by atoms with Gasteiger partial charge in [-0.3, -0.25) is 14.5 Å². The van der Waals surface area contributed by atoms with Gasteiger partial charge in [0.2, 0.25) is 0 Å². The number of carbonyl (C=O) groups is 2. The van der Waals surface area contributed by atoms with Gasteiger partial charge in [0.25, 0.3) is 0 Å². The van der Waals surface area contributed by atoms with E-state index in [0.29, 0.717) is 19.8 Å². The number of rotatable bonds is 12. The highest BCUT2D eigenvalue weighted by Gasteiger charge is 2.09. The molecular weight excluding hydrogens is 274 g/mol. The zero-order valence-electron chi connectivity index (χ0n) is 13.3. The van der Waals surface area contributed by atoms with E-state index in [1.54, 1.807) is 7.11 Å². The lowest BCUT2D eigenvalue weighted by molar-refractivity contribution is -0.149. The van der Waals surface area contributed by atoms with Gasteiger partial charge in [-0.05, 0) is 6.42 Å². The third kappa shape index (κ3) is 12.1. The van der Waals surface area contributed by atoms with E-state index < -0.39 is 5.97 Å². The number of allylic oxidation sites excluding steroid dienone is 1. The molecule has 0 fully saturated rings. The van der Waals surface area contributed by atoms with E-state index in [-0.39, 0.29) is 18.8 Å². The minimum atomic E-state index is -0.404. The number of carbonyl (C=O) groups excluding carboxylic acids is 2. The van der Waals surface area contributed by atoms with E-state index in [2.05, 4.69) is 28.7 Å². The first-order chi connectivity index (χ1) is 10.1. The van der Waals surface area contributed by atoms with Crippen molar-refractivity contribution in [3.63, 3.8) is 0 Å². The zero-order chi connectivity index (χ0) is 15.9. The van der Waals surface area contributed by atoms with Crippen LogP contribution in [0, 0.1) is 0 Å². The fourth-order valence-electron chi connectivity index (χ4n) is 1.57. The number of ether oxygens (including phenoxy) is 3. The molecule has 0 aliphatic rings. The van der Waals surface area contributed by atoms with Gasteiger partial charge in [-0.1, -0.05) is 19.1 Å². The molecule has 0 aromatic rings. The molecule has 0 aliphatic carbocycles. The van der Waals surface area contributed by atoms with E-state index >= 15 is 0 Å². The van der Waals surface area contributed by atoms with Gasteiger partial charge in [-0.25, -0.2) is 0 Å². The van der Waals surface area contributed by atoms with Gasteiger partial charge in [0.1, 0.15) is 6.61 Å². The first-order valence-electron chi connectivity index (χ1n) is 7.22. The molecule has 0 heterocycles. The number of esters is 2. The Kier molecular flexibility index (Phi) is 12.7. The zero-order valence-corrected chi connectivity index (χ0v) is 13.3. The monoisotopic (exact) mass is 301 g/mol. The van der Waals surface area contributed by atoms with Crippen LogP contribution in [-0.2, 0) is 23.8 Å². The molecule has 0 saturated carbocycles. The maximum absolute atomic E-state index is 11.4. The molecule has 0 aliphatic heterocycles. The molecule has 21 heavy (non-hydrogen) atoms. The molecule has 0 rings (SSSR count). The summed E-state index contributed by atoms with van der Waals surface area (Å²) in [6.07, 6.45) is 5.31. The molecule has 0 saturated heterocycles. The first-order valence-corrected chi connectivity index (χ1v) is 7.22. The summed E-state index contributed by atoms with van der Waals surface area (Å²) in [5, 5.41) is 0. The van der Waals surface area contributed by atoms with E-state index in [4.69, 9.17) is 9.47 Å².